The van der Waals surface area contributed by atoms with E-state index in [1.807, 2.05) is 36.4 Å². The van der Waals surface area contributed by atoms with Crippen LogP contribution in [0.2, 0.25) is 0 Å². The zero-order chi connectivity index (χ0) is 18.4. The van der Waals surface area contributed by atoms with Crippen LogP contribution in [0.25, 0.3) is 11.1 Å². The quantitative estimate of drug-likeness (QED) is 0.601. The Morgan fingerprint density at radius 1 is 0.808 bits per heavy atom. The van der Waals surface area contributed by atoms with Gasteiger partial charge >= 0.3 is 0 Å². The molecule has 2 nitrogen and oxygen atoms in total. The third-order valence-electron chi connectivity index (χ3n) is 4.37. The molecule has 0 heterocycles. The number of hydrogen-bond donors (Lipinski definition) is 1. The van der Waals surface area contributed by atoms with E-state index in [1.54, 1.807) is 0 Å². The van der Waals surface area contributed by atoms with E-state index in [2.05, 4.69) is 50.2 Å². The van der Waals surface area contributed by atoms with Crippen LogP contribution in [0.15, 0.2) is 72.8 Å². The molecule has 3 rings (SSSR count). The number of aliphatic hydroxyl groups excluding tert-OH is 1. The number of benzene rings is 3. The van der Waals surface area contributed by atoms with Crippen LogP contribution < -0.4 is 4.74 Å². The fourth-order valence-electron chi connectivity index (χ4n) is 3.05. The molecule has 0 spiro atoms. The molecule has 26 heavy (non-hydrogen) atoms. The van der Waals surface area contributed by atoms with E-state index in [1.165, 1.54) is 5.56 Å². The van der Waals surface area contributed by atoms with Gasteiger partial charge in [-0.1, -0.05) is 74.5 Å². The second kappa shape index (κ2) is 8.68. The Bertz CT molecular complexity index is 821. The minimum Gasteiger partial charge on any atom is -0.488 e. The molecule has 0 amide bonds. The van der Waals surface area contributed by atoms with E-state index in [4.69, 9.17) is 4.74 Å². The third-order valence-corrected chi connectivity index (χ3v) is 4.37. The second-order valence-corrected chi connectivity index (χ2v) is 7.06. The van der Waals surface area contributed by atoms with Crippen molar-refractivity contribution in [1.29, 1.82) is 0 Å². The highest BCUT2D eigenvalue weighted by Gasteiger charge is 2.09. The molecule has 0 fully saturated rings. The Hall–Kier alpha value is -2.58. The molecular weight excluding hydrogens is 320 g/mol. The molecule has 0 saturated heterocycles. The first-order chi connectivity index (χ1) is 12.7. The van der Waals surface area contributed by atoms with E-state index < -0.39 is 0 Å². The van der Waals surface area contributed by atoms with Crippen molar-refractivity contribution in [3.05, 3.63) is 89.5 Å². The number of ether oxygens (including phenoxy) is 1. The van der Waals surface area contributed by atoms with Gasteiger partial charge in [0.25, 0.3) is 0 Å². The smallest absolute Gasteiger partial charge is 0.127 e. The average Bonchev–Trinajstić information content (AvgIpc) is 2.67. The van der Waals surface area contributed by atoms with Crippen molar-refractivity contribution < 1.29 is 9.84 Å². The predicted octanol–water partition coefficient (Wildman–Crippen LogP) is 5.62. The van der Waals surface area contributed by atoms with Gasteiger partial charge in [0.15, 0.2) is 0 Å². The summed E-state index contributed by atoms with van der Waals surface area (Å²) >= 11 is 0. The lowest BCUT2D eigenvalue weighted by molar-refractivity contribution is 0.281. The summed E-state index contributed by atoms with van der Waals surface area (Å²) in [4.78, 5) is 0. The van der Waals surface area contributed by atoms with Crippen LogP contribution in [0.1, 0.15) is 30.5 Å². The SMILES string of the molecule is CC(C)Cc1ccc(-c2cc(CO)ccc2OCc2ccccc2)cc1. The molecule has 0 aliphatic carbocycles. The fourth-order valence-corrected chi connectivity index (χ4v) is 3.05. The molecule has 0 unspecified atom stereocenters. The largest absolute Gasteiger partial charge is 0.488 e. The Labute approximate surface area is 156 Å². The first kappa shape index (κ1) is 18.2. The highest BCUT2D eigenvalue weighted by molar-refractivity contribution is 5.71. The van der Waals surface area contributed by atoms with Crippen molar-refractivity contribution in [2.24, 2.45) is 5.92 Å². The number of rotatable bonds is 7. The van der Waals surface area contributed by atoms with E-state index in [9.17, 15) is 5.11 Å². The Balaban J connectivity index is 1.86. The fraction of sp³-hybridized carbons (Fsp3) is 0.250. The van der Waals surface area contributed by atoms with E-state index in [-0.39, 0.29) is 6.61 Å². The summed E-state index contributed by atoms with van der Waals surface area (Å²) in [5, 5.41) is 9.51. The molecule has 0 aromatic heterocycles. The predicted molar refractivity (Wildman–Crippen MR) is 107 cm³/mol. The summed E-state index contributed by atoms with van der Waals surface area (Å²) in [7, 11) is 0. The summed E-state index contributed by atoms with van der Waals surface area (Å²) < 4.78 is 6.09. The lowest BCUT2D eigenvalue weighted by atomic mass is 9.97. The maximum atomic E-state index is 9.51. The van der Waals surface area contributed by atoms with Crippen molar-refractivity contribution in [2.45, 2.75) is 33.5 Å². The van der Waals surface area contributed by atoms with Crippen LogP contribution in [0.3, 0.4) is 0 Å². The van der Waals surface area contributed by atoms with Gasteiger partial charge in [0, 0.05) is 5.56 Å². The zero-order valence-electron chi connectivity index (χ0n) is 15.5. The zero-order valence-corrected chi connectivity index (χ0v) is 15.5. The summed E-state index contributed by atoms with van der Waals surface area (Å²) in [6.07, 6.45) is 1.08. The van der Waals surface area contributed by atoms with Gasteiger partial charge in [-0.05, 0) is 46.7 Å². The van der Waals surface area contributed by atoms with E-state index >= 15 is 0 Å². The monoisotopic (exact) mass is 346 g/mol. The van der Waals surface area contributed by atoms with Gasteiger partial charge in [-0.2, -0.15) is 0 Å². The summed E-state index contributed by atoms with van der Waals surface area (Å²) in [5.74, 6) is 1.48. The van der Waals surface area contributed by atoms with Crippen molar-refractivity contribution in [3.8, 4) is 16.9 Å². The molecule has 0 saturated carbocycles. The van der Waals surface area contributed by atoms with Gasteiger partial charge in [-0.15, -0.1) is 0 Å². The van der Waals surface area contributed by atoms with Gasteiger partial charge in [0.1, 0.15) is 12.4 Å². The minimum atomic E-state index is 0.0252. The topological polar surface area (TPSA) is 29.5 Å². The van der Waals surface area contributed by atoms with Crippen molar-refractivity contribution in [3.63, 3.8) is 0 Å². The maximum Gasteiger partial charge on any atom is 0.127 e. The van der Waals surface area contributed by atoms with E-state index in [0.29, 0.717) is 12.5 Å². The van der Waals surface area contributed by atoms with Crippen molar-refractivity contribution in [2.75, 3.05) is 0 Å². The first-order valence-electron chi connectivity index (χ1n) is 9.15. The molecule has 0 atom stereocenters. The molecule has 1 N–H and O–H groups in total. The van der Waals surface area contributed by atoms with Crippen LogP contribution in [0.4, 0.5) is 0 Å². The van der Waals surface area contributed by atoms with Gasteiger partial charge < -0.3 is 9.84 Å². The first-order valence-corrected chi connectivity index (χ1v) is 9.15. The second-order valence-electron chi connectivity index (χ2n) is 7.06. The normalized spacial score (nSPS) is 10.9. The van der Waals surface area contributed by atoms with Crippen LogP contribution in [-0.2, 0) is 19.6 Å². The third kappa shape index (κ3) is 4.74. The lowest BCUT2D eigenvalue weighted by Gasteiger charge is -2.14. The van der Waals surface area contributed by atoms with Crippen molar-refractivity contribution >= 4 is 0 Å². The minimum absolute atomic E-state index is 0.0252. The Morgan fingerprint density at radius 2 is 1.50 bits per heavy atom. The summed E-state index contributed by atoms with van der Waals surface area (Å²) in [6, 6.07) is 24.7. The van der Waals surface area contributed by atoms with Crippen LogP contribution in [0, 0.1) is 5.92 Å². The number of aliphatic hydroxyl groups is 1. The molecule has 2 heteroatoms. The Morgan fingerprint density at radius 3 is 2.15 bits per heavy atom. The molecule has 0 aliphatic heterocycles. The summed E-state index contributed by atoms with van der Waals surface area (Å²) in [5.41, 5.74) is 5.49. The Kier molecular flexibility index (Phi) is 6.08. The van der Waals surface area contributed by atoms with Crippen LogP contribution >= 0.6 is 0 Å². The number of hydrogen-bond acceptors (Lipinski definition) is 2. The molecule has 3 aromatic carbocycles. The van der Waals surface area contributed by atoms with Crippen LogP contribution in [0.5, 0.6) is 5.75 Å². The van der Waals surface area contributed by atoms with Gasteiger partial charge in [0.2, 0.25) is 0 Å². The standard InChI is InChI=1S/C24H26O2/c1-18(2)14-19-8-11-22(12-9-19)23-15-21(16-25)10-13-24(23)26-17-20-6-4-3-5-7-20/h3-13,15,18,25H,14,16-17H2,1-2H3. The average molecular weight is 346 g/mol. The van der Waals surface area contributed by atoms with E-state index in [0.717, 1.165) is 34.4 Å². The van der Waals surface area contributed by atoms with Crippen molar-refractivity contribution in [1.82, 2.24) is 0 Å². The molecule has 3 aromatic rings. The molecular formula is C24H26O2. The maximum absolute atomic E-state index is 9.51. The highest BCUT2D eigenvalue weighted by atomic mass is 16.5. The van der Waals surface area contributed by atoms with Gasteiger partial charge in [0.05, 0.1) is 6.61 Å². The molecule has 0 bridgehead atoms. The molecule has 0 radical (unpaired) electrons. The van der Waals surface area contributed by atoms with Gasteiger partial charge in [-0.25, -0.2) is 0 Å². The van der Waals surface area contributed by atoms with Gasteiger partial charge in [-0.3, -0.25) is 0 Å². The molecule has 134 valence electrons. The lowest BCUT2D eigenvalue weighted by Crippen LogP contribution is -1.98. The van der Waals surface area contributed by atoms with Crippen LogP contribution in [-0.4, -0.2) is 5.11 Å². The summed E-state index contributed by atoms with van der Waals surface area (Å²) in [6.45, 7) is 5.01. The highest BCUT2D eigenvalue weighted by Crippen LogP contribution is 2.32. The molecule has 0 aliphatic rings.